The highest BCUT2D eigenvalue weighted by atomic mass is 127. The van der Waals surface area contributed by atoms with Gasteiger partial charge in [-0.2, -0.15) is 0 Å². The molecular weight excluding hydrogens is 997 g/mol. The molecule has 15 heteroatoms. The quantitative estimate of drug-likeness (QED) is 0.0536. The van der Waals surface area contributed by atoms with Crippen molar-refractivity contribution in [3.63, 3.8) is 0 Å². The Hall–Kier alpha value is -2.64. The third kappa shape index (κ3) is 16.4. The summed E-state index contributed by atoms with van der Waals surface area (Å²) in [6.07, 6.45) is 13.8. The summed E-state index contributed by atoms with van der Waals surface area (Å²) in [4.78, 5) is 72.3. The van der Waals surface area contributed by atoms with Gasteiger partial charge in [-0.15, -0.1) is 0 Å². The Bertz CT molecular complexity index is 1830. The molecule has 1 amide bonds. The van der Waals surface area contributed by atoms with Crippen molar-refractivity contribution in [3.05, 3.63) is 47.6 Å². The van der Waals surface area contributed by atoms with Crippen LogP contribution in [0.15, 0.2) is 47.6 Å². The van der Waals surface area contributed by atoms with Gasteiger partial charge in [-0.05, 0) is 113 Å². The first-order valence-electron chi connectivity index (χ1n) is 25.5. The van der Waals surface area contributed by atoms with Gasteiger partial charge in [0.15, 0.2) is 5.78 Å². The molecule has 0 aromatic rings. The Morgan fingerprint density at radius 2 is 1.61 bits per heavy atom. The maximum absolute atomic E-state index is 14.5. The number of ether oxygens (including phenoxy) is 6. The minimum absolute atomic E-state index is 0.0166. The van der Waals surface area contributed by atoms with E-state index in [4.69, 9.17) is 28.4 Å². The lowest BCUT2D eigenvalue weighted by molar-refractivity contribution is -0.265. The lowest BCUT2D eigenvalue weighted by atomic mass is 9.78. The number of esters is 1. The van der Waals surface area contributed by atoms with Crippen LogP contribution in [-0.4, -0.2) is 138 Å². The fraction of sp³-hybridized carbons (Fsp3) is 0.759. The number of nitrogens with zero attached hydrogens (tertiary/aromatic N) is 1. The van der Waals surface area contributed by atoms with Crippen LogP contribution < -0.4 is 0 Å². The zero-order valence-electron chi connectivity index (χ0n) is 43.1. The van der Waals surface area contributed by atoms with E-state index in [0.29, 0.717) is 57.1 Å². The maximum atomic E-state index is 14.5. The van der Waals surface area contributed by atoms with E-state index in [9.17, 15) is 34.2 Å². The van der Waals surface area contributed by atoms with Crippen LogP contribution in [0.5, 0.6) is 0 Å². The van der Waals surface area contributed by atoms with Gasteiger partial charge in [0.2, 0.25) is 5.79 Å². The molecule has 3 heterocycles. The molecule has 0 radical (unpaired) electrons. The number of rotatable bonds is 10. The zero-order valence-corrected chi connectivity index (χ0v) is 45.2. The van der Waals surface area contributed by atoms with E-state index in [0.717, 1.165) is 35.7 Å². The fourth-order valence-corrected chi connectivity index (χ4v) is 10.9. The number of alkyl halides is 1. The summed E-state index contributed by atoms with van der Waals surface area (Å²) >= 11 is 2.34. The number of aliphatic hydroxyl groups excluding tert-OH is 1. The number of Topliss-reactive ketones (excluding diaryl/α,β-unsaturated/α-hetero) is 3. The molecule has 390 valence electrons. The first kappa shape index (κ1) is 58.9. The van der Waals surface area contributed by atoms with E-state index in [1.54, 1.807) is 41.1 Å². The molecule has 1 saturated carbocycles. The molecule has 0 spiro atoms. The minimum atomic E-state index is -2.42. The summed E-state index contributed by atoms with van der Waals surface area (Å²) in [5.74, 6) is -7.71. The fourth-order valence-electron chi connectivity index (χ4n) is 10.6. The number of hydrogen-bond donors (Lipinski definition) is 2. The van der Waals surface area contributed by atoms with Crippen molar-refractivity contribution in [2.75, 3.05) is 38.9 Å². The normalized spacial score (nSPS) is 38.8. The molecule has 3 aliphatic heterocycles. The van der Waals surface area contributed by atoms with Crippen LogP contribution in [-0.2, 0) is 52.4 Å². The van der Waals surface area contributed by atoms with E-state index in [-0.39, 0.29) is 60.9 Å². The van der Waals surface area contributed by atoms with E-state index in [1.165, 1.54) is 12.0 Å². The number of ketones is 3. The van der Waals surface area contributed by atoms with Crippen molar-refractivity contribution in [3.8, 4) is 0 Å². The standard InChI is InChI=1S/C54H84INO13/c1-33-17-12-11-13-18-34(2)45(64-8)31-41-22-20-39(7)54(63,69-41)51(60)52(61)56-25-15-14-19-42(56)53(62)68-46(36(4)29-40-21-23-44(47(30-40)65-9)67-26-16-24-55)32-43(57)35(3)28-38(6)49(59)50(66-10)48(58)37(5)27-33/h11-13,17-18,28,33,35-37,39-42,44-47,49-50,59,63H,14-16,19-27,29-32H2,1-10H3/b13-11+,17-12+,34-18+,38-28+/t33-,35-,36?,37-,39-,40+,41?,42+,44-,45+,46?,47-,49-,50+,54-/m1/s1. The molecule has 14 nitrogen and oxygen atoms in total. The summed E-state index contributed by atoms with van der Waals surface area (Å²) in [5.41, 5.74) is 1.29. The third-order valence-corrected chi connectivity index (χ3v) is 15.8. The summed E-state index contributed by atoms with van der Waals surface area (Å²) in [7, 11) is 4.67. The predicted molar refractivity (Wildman–Crippen MR) is 272 cm³/mol. The molecule has 3 unspecified atom stereocenters. The predicted octanol–water partition coefficient (Wildman–Crippen LogP) is 8.03. The Labute approximate surface area is 425 Å². The number of piperidine rings is 1. The number of hydrogen-bond acceptors (Lipinski definition) is 13. The number of cyclic esters (lactones) is 1. The van der Waals surface area contributed by atoms with E-state index < -0.39 is 77.8 Å². The smallest absolute Gasteiger partial charge is 0.329 e. The Morgan fingerprint density at radius 1 is 0.870 bits per heavy atom. The first-order valence-corrected chi connectivity index (χ1v) is 27.0. The van der Waals surface area contributed by atoms with E-state index >= 15 is 0 Å². The van der Waals surface area contributed by atoms with Crippen LogP contribution in [0, 0.1) is 35.5 Å². The number of amides is 1. The highest BCUT2D eigenvalue weighted by molar-refractivity contribution is 14.1. The topological polar surface area (TPSA) is 184 Å². The molecule has 3 fully saturated rings. The molecule has 0 aromatic heterocycles. The lowest BCUT2D eigenvalue weighted by Gasteiger charge is -2.42. The van der Waals surface area contributed by atoms with Gasteiger partial charge in [-0.3, -0.25) is 19.2 Å². The molecule has 15 atom stereocenters. The molecule has 1 aliphatic carbocycles. The summed E-state index contributed by atoms with van der Waals surface area (Å²) in [6, 6.07) is -1.13. The highest BCUT2D eigenvalue weighted by Gasteiger charge is 2.53. The number of carbonyl (C=O) groups is 5. The summed E-state index contributed by atoms with van der Waals surface area (Å²) in [5, 5.41) is 23.5. The Kier molecular flexibility index (Phi) is 24.4. The molecule has 2 saturated heterocycles. The highest BCUT2D eigenvalue weighted by Crippen LogP contribution is 2.38. The Balaban J connectivity index is 1.69. The van der Waals surface area contributed by atoms with E-state index in [1.807, 2.05) is 58.1 Å². The van der Waals surface area contributed by atoms with Gasteiger partial charge >= 0.3 is 5.97 Å². The van der Waals surface area contributed by atoms with Crippen molar-refractivity contribution in [1.82, 2.24) is 4.90 Å². The van der Waals surface area contributed by atoms with Gasteiger partial charge in [-0.25, -0.2) is 4.79 Å². The number of allylic oxidation sites excluding steroid dienone is 6. The van der Waals surface area contributed by atoms with Gasteiger partial charge in [-0.1, -0.05) is 93.7 Å². The van der Waals surface area contributed by atoms with Crippen LogP contribution in [0.3, 0.4) is 0 Å². The van der Waals surface area contributed by atoms with Gasteiger partial charge in [0.25, 0.3) is 11.7 Å². The average molecular weight is 1080 g/mol. The van der Waals surface area contributed by atoms with Crippen molar-refractivity contribution < 1.29 is 62.6 Å². The molecule has 4 aliphatic rings. The maximum Gasteiger partial charge on any atom is 0.329 e. The first-order chi connectivity index (χ1) is 32.8. The summed E-state index contributed by atoms with van der Waals surface area (Å²) in [6.45, 7) is 13.6. The third-order valence-electron chi connectivity index (χ3n) is 15.1. The number of halogens is 1. The molecule has 0 aromatic carbocycles. The molecule has 2 bridgehead atoms. The largest absolute Gasteiger partial charge is 0.460 e. The van der Waals surface area contributed by atoms with Crippen LogP contribution >= 0.6 is 22.6 Å². The second-order valence-corrected chi connectivity index (χ2v) is 21.6. The zero-order chi connectivity index (χ0) is 51.0. The second-order valence-electron chi connectivity index (χ2n) is 20.5. The van der Waals surface area contributed by atoms with Crippen LogP contribution in [0.4, 0.5) is 0 Å². The molecular formula is C54H84INO13. The van der Waals surface area contributed by atoms with Crippen molar-refractivity contribution in [2.24, 2.45) is 35.5 Å². The van der Waals surface area contributed by atoms with E-state index in [2.05, 4.69) is 22.6 Å². The average Bonchev–Trinajstić information content (AvgIpc) is 3.33. The van der Waals surface area contributed by atoms with Gasteiger partial charge in [0.1, 0.15) is 30.1 Å². The monoisotopic (exact) mass is 1080 g/mol. The molecule has 4 rings (SSSR count). The molecule has 2 N–H and O–H groups in total. The van der Waals surface area contributed by atoms with Crippen LogP contribution in [0.25, 0.3) is 0 Å². The SMILES string of the molecule is CO[C@H]1CC2CC[C@@H](C)[C@@](O)(O2)C(=O)C(=O)N2CCCC[C@H]2C(=O)OC(C(C)C[C@@H]2CC[C@@H](OCCCI)[C@H](OC)C2)CC(=O)[C@H](C)/C=C(\C)[C@@H](O)[C@@H](OC)C(=O)[C@H](C)C[C@H](C)/C=C/C=C/C=C/1C. The van der Waals surface area contributed by atoms with Crippen LogP contribution in [0.1, 0.15) is 132 Å². The van der Waals surface area contributed by atoms with Gasteiger partial charge in [0, 0.05) is 69.5 Å². The minimum Gasteiger partial charge on any atom is -0.460 e. The van der Waals surface area contributed by atoms with Crippen molar-refractivity contribution >= 4 is 51.8 Å². The molecule has 69 heavy (non-hydrogen) atoms. The Morgan fingerprint density at radius 3 is 2.29 bits per heavy atom. The van der Waals surface area contributed by atoms with Gasteiger partial charge < -0.3 is 43.5 Å². The van der Waals surface area contributed by atoms with Crippen molar-refractivity contribution in [2.45, 2.75) is 186 Å². The lowest BCUT2D eigenvalue weighted by Crippen LogP contribution is -2.61. The number of methoxy groups -OCH3 is 3. The summed E-state index contributed by atoms with van der Waals surface area (Å²) < 4.78 is 37.1. The van der Waals surface area contributed by atoms with Gasteiger partial charge in [0.05, 0.1) is 24.4 Å². The van der Waals surface area contributed by atoms with Crippen molar-refractivity contribution in [1.29, 1.82) is 0 Å². The number of carbonyl (C=O) groups excluding carboxylic acids is 5. The number of aliphatic hydroxyl groups is 2. The van der Waals surface area contributed by atoms with Crippen LogP contribution in [0.2, 0.25) is 0 Å². The number of fused-ring (bicyclic) bond motifs is 3. The second kappa shape index (κ2) is 28.6.